The van der Waals surface area contributed by atoms with Crippen molar-refractivity contribution in [2.75, 3.05) is 26.2 Å². The second kappa shape index (κ2) is 12.9. The molecule has 2 rings (SSSR count). The number of cyclic esters (lactones) is 1. The number of nitrogens with zero attached hydrogens (tertiary/aromatic N) is 1. The van der Waals surface area contributed by atoms with Crippen molar-refractivity contribution in [2.45, 2.75) is 77.4 Å². The molecular weight excluding hydrogens is 434 g/mol. The highest BCUT2D eigenvalue weighted by atomic mass is 32.1. The van der Waals surface area contributed by atoms with Crippen molar-refractivity contribution in [3.63, 3.8) is 0 Å². The molecule has 1 amide bonds. The van der Waals surface area contributed by atoms with Crippen LogP contribution in [0.4, 0.5) is 4.79 Å². The van der Waals surface area contributed by atoms with E-state index in [1.165, 1.54) is 0 Å². The van der Waals surface area contributed by atoms with Crippen LogP contribution < -0.4 is 10.6 Å². The van der Waals surface area contributed by atoms with Gasteiger partial charge in [-0.3, -0.25) is 14.9 Å². The molecule has 2 atom stereocenters. The van der Waals surface area contributed by atoms with Gasteiger partial charge < -0.3 is 15.0 Å². The van der Waals surface area contributed by atoms with Crippen molar-refractivity contribution < 1.29 is 19.1 Å². The molecule has 1 saturated heterocycles. The average Bonchev–Trinajstić information content (AvgIpc) is 3.08. The van der Waals surface area contributed by atoms with Crippen LogP contribution in [0.15, 0.2) is 12.2 Å². The van der Waals surface area contributed by atoms with Crippen LogP contribution in [0.3, 0.4) is 0 Å². The maximum Gasteiger partial charge on any atom is 0.410 e. The minimum absolute atomic E-state index is 0. The van der Waals surface area contributed by atoms with Crippen LogP contribution in [0.2, 0.25) is 0 Å². The molecule has 2 aliphatic heterocycles. The molecule has 0 saturated carbocycles. The summed E-state index contributed by atoms with van der Waals surface area (Å²) in [5.74, 6) is -0.00993. The molecule has 2 aliphatic rings. The molecule has 0 aliphatic carbocycles. The van der Waals surface area contributed by atoms with E-state index in [2.05, 4.69) is 10.6 Å². The Balaban J connectivity index is 0.00000450. The second-order valence-electron chi connectivity index (χ2n) is 9.12. The van der Waals surface area contributed by atoms with E-state index in [-0.39, 0.29) is 70.2 Å². The summed E-state index contributed by atoms with van der Waals surface area (Å²) in [6.45, 7) is 10.7. The van der Waals surface area contributed by atoms with Crippen molar-refractivity contribution in [1.29, 1.82) is 0 Å². The van der Waals surface area contributed by atoms with E-state index in [1.807, 2.05) is 46.8 Å². The van der Waals surface area contributed by atoms with Gasteiger partial charge in [-0.1, -0.05) is 26.0 Å². The minimum atomic E-state index is -0.821. The number of Topliss-reactive ketones (excluding diaryl/α,β-unsaturated/α-hetero) is 2. The van der Waals surface area contributed by atoms with Gasteiger partial charge in [0.15, 0.2) is 11.6 Å². The SMILES string of the molecule is CC(C)N[C@@]12CCN(C1)C(=O)OCC=CCCC[C@@](C)(C(=O)C(C)C)NCC2=O.S.S. The molecule has 1 fully saturated rings. The minimum Gasteiger partial charge on any atom is -0.445 e. The Bertz CT molecular complexity index is 657. The molecule has 180 valence electrons. The van der Waals surface area contributed by atoms with Crippen molar-refractivity contribution in [1.82, 2.24) is 15.5 Å². The molecule has 2 N–H and O–H groups in total. The molecule has 0 aromatic heterocycles. The van der Waals surface area contributed by atoms with Crippen molar-refractivity contribution in [3.8, 4) is 0 Å². The van der Waals surface area contributed by atoms with Gasteiger partial charge >= 0.3 is 6.09 Å². The Hall–Kier alpha value is -1.03. The summed E-state index contributed by atoms with van der Waals surface area (Å²) in [5, 5.41) is 6.68. The second-order valence-corrected chi connectivity index (χ2v) is 9.12. The van der Waals surface area contributed by atoms with Gasteiger partial charge in [-0.2, -0.15) is 27.0 Å². The third-order valence-electron chi connectivity index (χ3n) is 5.85. The zero-order valence-corrected chi connectivity index (χ0v) is 21.5. The summed E-state index contributed by atoms with van der Waals surface area (Å²) in [4.78, 5) is 40.2. The third-order valence-corrected chi connectivity index (χ3v) is 5.85. The molecule has 0 radical (unpaired) electrons. The number of fused-ring (bicyclic) bond motifs is 2. The summed E-state index contributed by atoms with van der Waals surface area (Å²) in [6, 6.07) is 0.0867. The van der Waals surface area contributed by atoms with E-state index in [0.717, 1.165) is 12.8 Å². The molecule has 9 heteroatoms. The number of hydrogen-bond donors (Lipinski definition) is 2. The van der Waals surface area contributed by atoms with Crippen molar-refractivity contribution >= 4 is 44.7 Å². The van der Waals surface area contributed by atoms with Crippen LogP contribution in [0.25, 0.3) is 0 Å². The van der Waals surface area contributed by atoms with Crippen LogP contribution in [-0.4, -0.2) is 65.9 Å². The van der Waals surface area contributed by atoms with Gasteiger partial charge in [-0.05, 0) is 46.5 Å². The van der Waals surface area contributed by atoms with Gasteiger partial charge in [0.25, 0.3) is 0 Å². The Kier molecular flexibility index (Phi) is 12.4. The molecule has 0 unspecified atom stereocenters. The van der Waals surface area contributed by atoms with Gasteiger partial charge in [0.2, 0.25) is 0 Å². The lowest BCUT2D eigenvalue weighted by molar-refractivity contribution is -0.129. The molecule has 2 heterocycles. The average molecular weight is 476 g/mol. The highest BCUT2D eigenvalue weighted by molar-refractivity contribution is 7.59. The summed E-state index contributed by atoms with van der Waals surface area (Å²) >= 11 is 0. The zero-order valence-electron chi connectivity index (χ0n) is 19.5. The number of amides is 1. The summed E-state index contributed by atoms with van der Waals surface area (Å²) in [5.41, 5.74) is -1.57. The Morgan fingerprint density at radius 2 is 1.84 bits per heavy atom. The van der Waals surface area contributed by atoms with Crippen molar-refractivity contribution in [2.24, 2.45) is 5.92 Å². The topological polar surface area (TPSA) is 87.7 Å². The highest BCUT2D eigenvalue weighted by Gasteiger charge is 2.47. The zero-order chi connectivity index (χ0) is 21.7. The number of carbonyl (C=O) groups excluding carboxylic acids is 3. The molecule has 2 bridgehead atoms. The van der Waals surface area contributed by atoms with Crippen LogP contribution in [-0.2, 0) is 14.3 Å². The van der Waals surface area contributed by atoms with E-state index in [4.69, 9.17) is 4.74 Å². The van der Waals surface area contributed by atoms with Gasteiger partial charge in [0.05, 0.1) is 17.6 Å². The summed E-state index contributed by atoms with van der Waals surface area (Å²) in [6.07, 6.45) is 6.21. The molecular formula is C22H41N3O4S2. The predicted octanol–water partition coefficient (Wildman–Crippen LogP) is 2.67. The fourth-order valence-corrected chi connectivity index (χ4v) is 4.29. The number of carbonyl (C=O) groups is 3. The molecule has 31 heavy (non-hydrogen) atoms. The van der Waals surface area contributed by atoms with E-state index < -0.39 is 17.2 Å². The number of rotatable bonds is 4. The van der Waals surface area contributed by atoms with E-state index >= 15 is 0 Å². The van der Waals surface area contributed by atoms with Gasteiger partial charge in [0.1, 0.15) is 6.61 Å². The van der Waals surface area contributed by atoms with E-state index in [0.29, 0.717) is 19.4 Å². The number of nitrogens with one attached hydrogen (secondary N) is 2. The normalized spacial score (nSPS) is 27.8. The lowest BCUT2D eigenvalue weighted by Crippen LogP contribution is -2.61. The highest BCUT2D eigenvalue weighted by Crippen LogP contribution is 2.26. The first kappa shape index (κ1) is 30.0. The van der Waals surface area contributed by atoms with E-state index in [9.17, 15) is 14.4 Å². The molecule has 7 nitrogen and oxygen atoms in total. The Labute approximate surface area is 201 Å². The monoisotopic (exact) mass is 475 g/mol. The summed E-state index contributed by atoms with van der Waals surface area (Å²) in [7, 11) is 0. The fourth-order valence-electron chi connectivity index (χ4n) is 4.29. The standard InChI is InChI=1S/C22H37N3O4.2H2S/c1-16(2)19(27)21(5)10-8-6-7-9-13-29-20(28)25-12-11-22(15-25,24-17(3)4)18(26)14-23-21;;/h7,9,16-17,23-24H,6,8,10-15H2,1-5H3;2*1H2/t21-,22-;;/m0../s1. The molecule has 0 aromatic carbocycles. The first-order chi connectivity index (χ1) is 13.6. The lowest BCUT2D eigenvalue weighted by Gasteiger charge is -2.35. The maximum atomic E-state index is 13.3. The van der Waals surface area contributed by atoms with E-state index in [1.54, 1.807) is 4.90 Å². The fraction of sp³-hybridized carbons (Fsp3) is 0.773. The molecule has 0 aromatic rings. The number of ketones is 2. The van der Waals surface area contributed by atoms with Crippen LogP contribution in [0.5, 0.6) is 0 Å². The third kappa shape index (κ3) is 7.80. The first-order valence-corrected chi connectivity index (χ1v) is 10.8. The summed E-state index contributed by atoms with van der Waals surface area (Å²) < 4.78 is 5.34. The number of ether oxygens (including phenoxy) is 1. The largest absolute Gasteiger partial charge is 0.445 e. The maximum absolute atomic E-state index is 13.3. The first-order valence-electron chi connectivity index (χ1n) is 10.8. The van der Waals surface area contributed by atoms with Crippen LogP contribution in [0.1, 0.15) is 60.3 Å². The van der Waals surface area contributed by atoms with Crippen LogP contribution in [0, 0.1) is 5.92 Å². The van der Waals surface area contributed by atoms with Crippen molar-refractivity contribution in [3.05, 3.63) is 12.2 Å². The number of hydrogen-bond acceptors (Lipinski definition) is 6. The Morgan fingerprint density at radius 3 is 2.45 bits per heavy atom. The van der Waals surface area contributed by atoms with Gasteiger partial charge in [-0.15, -0.1) is 0 Å². The smallest absolute Gasteiger partial charge is 0.410 e. The lowest BCUT2D eigenvalue weighted by atomic mass is 9.83. The Morgan fingerprint density at radius 1 is 1.16 bits per heavy atom. The molecule has 0 spiro atoms. The predicted molar refractivity (Wildman–Crippen MR) is 134 cm³/mol. The quantitative estimate of drug-likeness (QED) is 0.608. The van der Waals surface area contributed by atoms with Gasteiger partial charge in [0, 0.05) is 25.0 Å². The van der Waals surface area contributed by atoms with Gasteiger partial charge in [-0.25, -0.2) is 4.79 Å². The number of allylic oxidation sites excluding steroid dienone is 1. The van der Waals surface area contributed by atoms with Crippen LogP contribution >= 0.6 is 27.0 Å².